The maximum Gasteiger partial charge on any atom is 0.306 e. The van der Waals surface area contributed by atoms with Crippen LogP contribution in [0.1, 0.15) is 30.4 Å². The van der Waals surface area contributed by atoms with Crippen LogP contribution in [0.2, 0.25) is 0 Å². The highest BCUT2D eigenvalue weighted by Crippen LogP contribution is 2.27. The Balaban J connectivity index is 1.84. The molecule has 0 fully saturated rings. The van der Waals surface area contributed by atoms with E-state index in [1.54, 1.807) is 6.92 Å². The minimum atomic E-state index is -1.22. The number of benzene rings is 3. The second-order valence-electron chi connectivity index (χ2n) is 7.77. The molecule has 9 heteroatoms. The molecule has 0 spiro atoms. The topological polar surface area (TPSA) is 142 Å². The molecule has 0 aliphatic carbocycles. The van der Waals surface area contributed by atoms with E-state index in [1.807, 2.05) is 42.5 Å². The van der Waals surface area contributed by atoms with Crippen molar-refractivity contribution in [2.45, 2.75) is 31.7 Å². The van der Waals surface area contributed by atoms with Crippen molar-refractivity contribution in [3.05, 3.63) is 88.0 Å². The van der Waals surface area contributed by atoms with Gasteiger partial charge in [-0.25, -0.2) is 0 Å². The van der Waals surface area contributed by atoms with Gasteiger partial charge in [0.15, 0.2) is 0 Å². The van der Waals surface area contributed by atoms with E-state index in [0.29, 0.717) is 5.56 Å². The Bertz CT molecular complexity index is 1210. The lowest BCUT2D eigenvalue weighted by molar-refractivity contribution is -0.384. The summed E-state index contributed by atoms with van der Waals surface area (Å²) in [7, 11) is 0. The number of hydrogen-bond donors (Lipinski definition) is 2. The summed E-state index contributed by atoms with van der Waals surface area (Å²) < 4.78 is 5.02. The zero-order chi connectivity index (χ0) is 24.7. The first-order valence-corrected chi connectivity index (χ1v) is 10.7. The summed E-state index contributed by atoms with van der Waals surface area (Å²) in [4.78, 5) is 47.8. The van der Waals surface area contributed by atoms with Gasteiger partial charge in [-0.05, 0) is 28.8 Å². The van der Waals surface area contributed by atoms with Gasteiger partial charge < -0.3 is 15.8 Å². The van der Waals surface area contributed by atoms with Gasteiger partial charge in [-0.15, -0.1) is 0 Å². The highest BCUT2D eigenvalue weighted by Gasteiger charge is 2.32. The van der Waals surface area contributed by atoms with Crippen LogP contribution in [0.5, 0.6) is 0 Å². The molecule has 0 radical (unpaired) electrons. The van der Waals surface area contributed by atoms with Crippen LogP contribution in [0.15, 0.2) is 66.7 Å². The third-order valence-electron chi connectivity index (χ3n) is 5.43. The number of carbonyl (C=O) groups is 3. The third-order valence-corrected chi connectivity index (χ3v) is 5.43. The molecular formula is C25H25N3O6. The SMILES string of the molecule is CCOC(=O)C[C@H](c1ccc([N+](=O)[O-])cc1)[C@@H](NC(=O)Cc1ccc2ccccc2c1)C(N)=O. The first-order valence-electron chi connectivity index (χ1n) is 10.7. The Labute approximate surface area is 196 Å². The molecule has 0 bridgehead atoms. The average molecular weight is 463 g/mol. The van der Waals surface area contributed by atoms with Gasteiger partial charge in [0, 0.05) is 18.1 Å². The lowest BCUT2D eigenvalue weighted by Crippen LogP contribution is -2.49. The molecular weight excluding hydrogens is 438 g/mol. The van der Waals surface area contributed by atoms with Crippen LogP contribution in [0.4, 0.5) is 5.69 Å². The van der Waals surface area contributed by atoms with Gasteiger partial charge >= 0.3 is 5.97 Å². The van der Waals surface area contributed by atoms with Crippen molar-refractivity contribution in [2.75, 3.05) is 6.61 Å². The summed E-state index contributed by atoms with van der Waals surface area (Å²) in [5.74, 6) is -2.73. The molecule has 0 saturated carbocycles. The minimum absolute atomic E-state index is 0.000994. The van der Waals surface area contributed by atoms with Crippen LogP contribution in [0, 0.1) is 10.1 Å². The van der Waals surface area contributed by atoms with Gasteiger partial charge in [0.25, 0.3) is 5.69 Å². The fraction of sp³-hybridized carbons (Fsp3) is 0.240. The van der Waals surface area contributed by atoms with Gasteiger partial charge in [0.1, 0.15) is 6.04 Å². The van der Waals surface area contributed by atoms with E-state index < -0.39 is 34.7 Å². The van der Waals surface area contributed by atoms with E-state index in [1.165, 1.54) is 24.3 Å². The predicted molar refractivity (Wildman–Crippen MR) is 126 cm³/mol. The van der Waals surface area contributed by atoms with Crippen LogP contribution in [0.25, 0.3) is 10.8 Å². The Morgan fingerprint density at radius 1 is 1.03 bits per heavy atom. The molecule has 3 rings (SSSR count). The number of nitrogens with zero attached hydrogens (tertiary/aromatic N) is 1. The van der Waals surface area contributed by atoms with Gasteiger partial charge in [0.05, 0.1) is 24.4 Å². The number of nitro groups is 1. The number of rotatable bonds is 10. The Morgan fingerprint density at radius 3 is 2.32 bits per heavy atom. The molecule has 176 valence electrons. The first kappa shape index (κ1) is 24.4. The van der Waals surface area contributed by atoms with E-state index in [4.69, 9.17) is 10.5 Å². The normalized spacial score (nSPS) is 12.5. The van der Waals surface area contributed by atoms with Crippen LogP contribution < -0.4 is 11.1 Å². The van der Waals surface area contributed by atoms with Crippen LogP contribution in [-0.4, -0.2) is 35.4 Å². The average Bonchev–Trinajstić information content (AvgIpc) is 2.81. The summed E-state index contributed by atoms with van der Waals surface area (Å²) in [5.41, 5.74) is 6.65. The largest absolute Gasteiger partial charge is 0.466 e. The maximum atomic E-state index is 12.8. The van der Waals surface area contributed by atoms with Crippen molar-refractivity contribution >= 4 is 34.2 Å². The van der Waals surface area contributed by atoms with Gasteiger partial charge in [0.2, 0.25) is 11.8 Å². The summed E-state index contributed by atoms with van der Waals surface area (Å²) in [6, 6.07) is 17.5. The van der Waals surface area contributed by atoms with Gasteiger partial charge in [-0.1, -0.05) is 54.6 Å². The molecule has 0 aliphatic heterocycles. The first-order chi connectivity index (χ1) is 16.3. The van der Waals surface area contributed by atoms with Gasteiger partial charge in [-0.2, -0.15) is 0 Å². The molecule has 2 atom stereocenters. The highest BCUT2D eigenvalue weighted by molar-refractivity contribution is 5.90. The summed E-state index contributed by atoms with van der Waals surface area (Å²) in [6.07, 6.45) is -0.240. The molecule has 9 nitrogen and oxygen atoms in total. The monoisotopic (exact) mass is 463 g/mol. The number of nitrogens with two attached hydrogens (primary N) is 1. The molecule has 0 aliphatic rings. The van der Waals surface area contributed by atoms with Crippen molar-refractivity contribution < 1.29 is 24.0 Å². The van der Waals surface area contributed by atoms with E-state index in [9.17, 15) is 24.5 Å². The number of amides is 2. The smallest absolute Gasteiger partial charge is 0.306 e. The number of nitro benzene ring substituents is 1. The van der Waals surface area contributed by atoms with E-state index in [-0.39, 0.29) is 25.1 Å². The zero-order valence-corrected chi connectivity index (χ0v) is 18.6. The fourth-order valence-corrected chi connectivity index (χ4v) is 3.80. The van der Waals surface area contributed by atoms with E-state index in [2.05, 4.69) is 5.32 Å². The second kappa shape index (κ2) is 11.0. The highest BCUT2D eigenvalue weighted by atomic mass is 16.6. The Morgan fingerprint density at radius 2 is 1.71 bits per heavy atom. The van der Waals surface area contributed by atoms with Crippen molar-refractivity contribution in [2.24, 2.45) is 5.73 Å². The lowest BCUT2D eigenvalue weighted by Gasteiger charge is -2.25. The number of carbonyl (C=O) groups excluding carboxylic acids is 3. The summed E-state index contributed by atoms with van der Waals surface area (Å²) in [6.45, 7) is 1.79. The van der Waals surface area contributed by atoms with Crippen LogP contribution >= 0.6 is 0 Å². The molecule has 0 saturated heterocycles. The number of non-ortho nitro benzene ring substituents is 1. The molecule has 34 heavy (non-hydrogen) atoms. The zero-order valence-electron chi connectivity index (χ0n) is 18.6. The van der Waals surface area contributed by atoms with Crippen molar-refractivity contribution in [3.8, 4) is 0 Å². The third kappa shape index (κ3) is 6.16. The Hall–Kier alpha value is -4.27. The molecule has 3 N–H and O–H groups in total. The standard InChI is InChI=1S/C25H25N3O6/c1-2-34-23(30)15-21(18-9-11-20(12-10-18)28(32)33)24(25(26)31)27-22(29)14-16-7-8-17-5-3-4-6-19(17)13-16/h3-13,21,24H,2,14-15H2,1H3,(H2,26,31)(H,27,29)/t21-,24-/m1/s1. The summed E-state index contributed by atoms with van der Waals surface area (Å²) in [5, 5.41) is 15.6. The number of fused-ring (bicyclic) bond motifs is 1. The number of esters is 1. The van der Waals surface area contributed by atoms with Crippen LogP contribution in [0.3, 0.4) is 0 Å². The molecule has 3 aromatic carbocycles. The number of nitrogens with one attached hydrogen (secondary N) is 1. The van der Waals surface area contributed by atoms with E-state index in [0.717, 1.165) is 16.3 Å². The maximum absolute atomic E-state index is 12.8. The Kier molecular flexibility index (Phi) is 7.92. The fourth-order valence-electron chi connectivity index (χ4n) is 3.80. The quantitative estimate of drug-likeness (QED) is 0.269. The summed E-state index contributed by atoms with van der Waals surface area (Å²) >= 11 is 0. The molecule has 2 amide bonds. The number of hydrogen-bond acceptors (Lipinski definition) is 6. The minimum Gasteiger partial charge on any atom is -0.466 e. The number of ether oxygens (including phenoxy) is 1. The predicted octanol–water partition coefficient (Wildman–Crippen LogP) is 3.00. The molecule has 3 aromatic rings. The van der Waals surface area contributed by atoms with Gasteiger partial charge in [-0.3, -0.25) is 24.5 Å². The molecule has 0 aromatic heterocycles. The molecule has 0 heterocycles. The number of primary amides is 1. The van der Waals surface area contributed by atoms with Crippen molar-refractivity contribution in [3.63, 3.8) is 0 Å². The van der Waals surface area contributed by atoms with Crippen LogP contribution in [-0.2, 0) is 25.5 Å². The second-order valence-corrected chi connectivity index (χ2v) is 7.77. The van der Waals surface area contributed by atoms with Crippen molar-refractivity contribution in [1.82, 2.24) is 5.32 Å². The molecule has 0 unspecified atom stereocenters. The lowest BCUT2D eigenvalue weighted by atomic mass is 9.87. The van der Waals surface area contributed by atoms with Crippen molar-refractivity contribution in [1.29, 1.82) is 0 Å². The van der Waals surface area contributed by atoms with E-state index >= 15 is 0 Å².